The highest BCUT2D eigenvalue weighted by Crippen LogP contribution is 2.58. The first kappa shape index (κ1) is 43.3. The standard InChI is InChI=1S/C24H64O12Si8/c1-21(2,3)41(29-37(13,14)25)33-42(22(4,5)6,30-38(15,16)26)35-44(24(10,11)12,32-40(19,20)28)36-43(34-41,23(7,8)9)31-39(17,18)27/h25-28H,1-20H3. The second kappa shape index (κ2) is 12.5. The van der Waals surface area contributed by atoms with Gasteiger partial charge in [0, 0.05) is 20.2 Å². The van der Waals surface area contributed by atoms with Crippen LogP contribution in [-0.4, -0.2) is 88.6 Å². The fourth-order valence-corrected chi connectivity index (χ4v) is 41.5. The van der Waals surface area contributed by atoms with Crippen LogP contribution in [0.5, 0.6) is 0 Å². The molecule has 1 heterocycles. The molecule has 0 aliphatic carbocycles. The van der Waals surface area contributed by atoms with E-state index in [1.807, 2.05) is 83.1 Å². The zero-order chi connectivity index (χ0) is 35.7. The largest absolute Gasteiger partial charge is 0.483 e. The lowest BCUT2D eigenvalue weighted by Crippen LogP contribution is -2.82. The van der Waals surface area contributed by atoms with Crippen molar-refractivity contribution in [2.24, 2.45) is 0 Å². The molecule has 0 unspecified atom stereocenters. The maximum absolute atomic E-state index is 11.4. The highest BCUT2D eigenvalue weighted by molar-refractivity contribution is 6.97. The molecular weight excluding hydrogens is 705 g/mol. The fourth-order valence-electron chi connectivity index (χ4n) is 4.11. The smallest absolute Gasteiger partial charge is 0.411 e. The van der Waals surface area contributed by atoms with Gasteiger partial charge in [-0.15, -0.1) is 0 Å². The van der Waals surface area contributed by atoms with Crippen LogP contribution >= 0.6 is 0 Å². The highest BCUT2D eigenvalue weighted by Gasteiger charge is 2.79. The third-order valence-corrected chi connectivity index (χ3v) is 34.5. The first-order valence-corrected chi connectivity index (χ1v) is 33.5. The van der Waals surface area contributed by atoms with E-state index in [0.29, 0.717) is 0 Å². The summed E-state index contributed by atoms with van der Waals surface area (Å²) in [6.07, 6.45) is 0. The van der Waals surface area contributed by atoms with E-state index in [2.05, 4.69) is 0 Å². The van der Waals surface area contributed by atoms with Gasteiger partial charge in [0.05, 0.1) is 0 Å². The molecule has 20 heteroatoms. The average molecular weight is 769 g/mol. The summed E-state index contributed by atoms with van der Waals surface area (Å²) in [6, 6.07) is 0. The van der Waals surface area contributed by atoms with Crippen LogP contribution in [0.25, 0.3) is 0 Å². The summed E-state index contributed by atoms with van der Waals surface area (Å²) in [5.74, 6) is 0. The van der Waals surface area contributed by atoms with E-state index >= 15 is 0 Å². The van der Waals surface area contributed by atoms with E-state index in [0.717, 1.165) is 0 Å². The van der Waals surface area contributed by atoms with E-state index in [-0.39, 0.29) is 0 Å². The van der Waals surface area contributed by atoms with Crippen molar-refractivity contribution in [3.05, 3.63) is 0 Å². The van der Waals surface area contributed by atoms with E-state index < -0.39 is 89.6 Å². The minimum Gasteiger partial charge on any atom is -0.411 e. The normalized spacial score (nSPS) is 31.1. The molecule has 0 amide bonds. The van der Waals surface area contributed by atoms with Gasteiger partial charge in [0.25, 0.3) is 0 Å². The zero-order valence-electron chi connectivity index (χ0n) is 31.1. The molecule has 1 aliphatic rings. The van der Waals surface area contributed by atoms with E-state index in [9.17, 15) is 19.2 Å². The molecule has 0 atom stereocenters. The van der Waals surface area contributed by atoms with Gasteiger partial charge in [-0.25, -0.2) is 0 Å². The molecule has 264 valence electrons. The molecule has 0 aromatic carbocycles. The Morgan fingerprint density at radius 1 is 0.341 bits per heavy atom. The van der Waals surface area contributed by atoms with Gasteiger partial charge < -0.3 is 52.1 Å². The topological polar surface area (TPSA) is 155 Å². The molecule has 1 aliphatic heterocycles. The van der Waals surface area contributed by atoms with Crippen LogP contribution in [0.3, 0.4) is 0 Å². The van der Waals surface area contributed by atoms with Crippen LogP contribution in [0.2, 0.25) is 72.5 Å². The minimum atomic E-state index is -4.30. The molecule has 0 aromatic rings. The van der Waals surface area contributed by atoms with Crippen LogP contribution in [0.1, 0.15) is 83.1 Å². The summed E-state index contributed by atoms with van der Waals surface area (Å²) >= 11 is 0. The Hall–Kier alpha value is 1.26. The molecule has 1 rings (SSSR count). The Morgan fingerprint density at radius 2 is 0.455 bits per heavy atom. The van der Waals surface area contributed by atoms with Crippen molar-refractivity contribution < 1.29 is 52.1 Å². The van der Waals surface area contributed by atoms with Crippen molar-refractivity contribution in [3.63, 3.8) is 0 Å². The SMILES string of the molecule is CC(C)(C)[Si]1(O[Si](C)(C)O)O[Si](O[Si](C)(C)O)(C(C)(C)C)O[Si](O[Si](C)(C)O)(C(C)(C)C)O[Si](O[Si](C)(C)O)(C(C)(C)C)O1. The van der Waals surface area contributed by atoms with Gasteiger partial charge >= 0.3 is 69.5 Å². The van der Waals surface area contributed by atoms with Crippen LogP contribution in [0.15, 0.2) is 0 Å². The molecule has 4 N–H and O–H groups in total. The van der Waals surface area contributed by atoms with Gasteiger partial charge in [-0.3, -0.25) is 0 Å². The molecule has 0 saturated carbocycles. The predicted molar refractivity (Wildman–Crippen MR) is 189 cm³/mol. The molecule has 12 nitrogen and oxygen atoms in total. The van der Waals surface area contributed by atoms with Gasteiger partial charge in [-0.1, -0.05) is 83.1 Å². The lowest BCUT2D eigenvalue weighted by atomic mass is 10.3. The third kappa shape index (κ3) is 10.6. The second-order valence-electron chi connectivity index (χ2n) is 17.8. The molecule has 1 fully saturated rings. The summed E-state index contributed by atoms with van der Waals surface area (Å²) in [6.45, 7) is 35.7. The summed E-state index contributed by atoms with van der Waals surface area (Å²) in [5, 5.41) is -3.65. The van der Waals surface area contributed by atoms with Crippen molar-refractivity contribution >= 4 is 69.5 Å². The quantitative estimate of drug-likeness (QED) is 0.219. The van der Waals surface area contributed by atoms with Gasteiger partial charge in [-0.05, 0) is 52.4 Å². The molecule has 1 saturated heterocycles. The van der Waals surface area contributed by atoms with Crippen LogP contribution < -0.4 is 0 Å². The molecule has 0 spiro atoms. The summed E-state index contributed by atoms with van der Waals surface area (Å²) in [7, 11) is -31.0. The summed E-state index contributed by atoms with van der Waals surface area (Å²) < 4.78 is 56.0. The second-order valence-corrected chi connectivity index (χ2v) is 46.4. The van der Waals surface area contributed by atoms with Crippen molar-refractivity contribution in [1.82, 2.24) is 0 Å². The average Bonchev–Trinajstić information content (AvgIpc) is 2.57. The lowest BCUT2D eigenvalue weighted by Gasteiger charge is -2.61. The van der Waals surface area contributed by atoms with Crippen molar-refractivity contribution in [1.29, 1.82) is 0 Å². The zero-order valence-corrected chi connectivity index (χ0v) is 39.1. The summed E-state index contributed by atoms with van der Waals surface area (Å²) in [4.78, 5) is 45.6. The molecular formula is C24H64O12Si8. The van der Waals surface area contributed by atoms with Gasteiger partial charge in [0.2, 0.25) is 0 Å². The first-order valence-electron chi connectivity index (χ1n) is 15.2. The molecule has 0 radical (unpaired) electrons. The van der Waals surface area contributed by atoms with E-state index in [1.54, 1.807) is 52.4 Å². The third-order valence-electron chi connectivity index (χ3n) is 6.29. The van der Waals surface area contributed by atoms with Crippen molar-refractivity contribution in [2.75, 3.05) is 0 Å². The monoisotopic (exact) mass is 768 g/mol. The Bertz CT molecular complexity index is 823. The predicted octanol–water partition coefficient (Wildman–Crippen LogP) is 5.87. The molecule has 0 aromatic heterocycles. The van der Waals surface area contributed by atoms with Crippen LogP contribution in [0.4, 0.5) is 0 Å². The summed E-state index contributed by atoms with van der Waals surface area (Å²) in [5.41, 5.74) is 0. The maximum Gasteiger partial charge on any atom is 0.483 e. The number of hydrogen-bond donors (Lipinski definition) is 4. The van der Waals surface area contributed by atoms with E-state index in [1.165, 1.54) is 0 Å². The first-order chi connectivity index (χ1) is 18.7. The van der Waals surface area contributed by atoms with E-state index in [4.69, 9.17) is 32.9 Å². The Balaban J connectivity index is 4.70. The number of rotatable bonds is 8. The van der Waals surface area contributed by atoms with Crippen LogP contribution in [-0.2, 0) is 32.9 Å². The molecule has 44 heavy (non-hydrogen) atoms. The van der Waals surface area contributed by atoms with Crippen LogP contribution in [0, 0.1) is 0 Å². The highest BCUT2D eigenvalue weighted by atomic mass is 28.6. The Labute approximate surface area is 276 Å². The number of hydrogen-bond acceptors (Lipinski definition) is 12. The Morgan fingerprint density at radius 3 is 0.523 bits per heavy atom. The Kier molecular flexibility index (Phi) is 12.3. The fraction of sp³-hybridized carbons (Fsp3) is 1.00. The van der Waals surface area contributed by atoms with Crippen molar-refractivity contribution in [2.45, 2.75) is 156 Å². The maximum atomic E-state index is 11.4. The van der Waals surface area contributed by atoms with Gasteiger partial charge in [0.15, 0.2) is 0 Å². The minimum absolute atomic E-state index is 0.913. The van der Waals surface area contributed by atoms with Gasteiger partial charge in [0.1, 0.15) is 0 Å². The van der Waals surface area contributed by atoms with Crippen molar-refractivity contribution in [3.8, 4) is 0 Å². The van der Waals surface area contributed by atoms with Gasteiger partial charge in [-0.2, -0.15) is 0 Å². The lowest BCUT2D eigenvalue weighted by molar-refractivity contribution is 0.0298. The molecule has 0 bridgehead atoms.